The highest BCUT2D eigenvalue weighted by Gasteiger charge is 2.09. The van der Waals surface area contributed by atoms with Crippen molar-refractivity contribution in [3.63, 3.8) is 0 Å². The summed E-state index contributed by atoms with van der Waals surface area (Å²) in [7, 11) is 0. The minimum Gasteiger partial charge on any atom is -0.396 e. The summed E-state index contributed by atoms with van der Waals surface area (Å²) in [6, 6.07) is 2.87. The number of aliphatic hydroxyl groups is 1. The molecule has 3 N–H and O–H groups in total. The smallest absolute Gasteiger partial charge is 0.319 e. The van der Waals surface area contributed by atoms with Crippen LogP contribution in [0.25, 0.3) is 0 Å². The molecule has 1 aromatic carbocycles. The Bertz CT molecular complexity index is 372. The van der Waals surface area contributed by atoms with Gasteiger partial charge in [-0.15, -0.1) is 0 Å². The van der Waals surface area contributed by atoms with Crippen LogP contribution in [0, 0.1) is 11.6 Å². The van der Waals surface area contributed by atoms with Gasteiger partial charge in [-0.1, -0.05) is 6.07 Å². The highest BCUT2D eigenvalue weighted by atomic mass is 19.2. The van der Waals surface area contributed by atoms with Crippen molar-refractivity contribution in [3.8, 4) is 0 Å². The maximum atomic E-state index is 13.1. The van der Waals surface area contributed by atoms with Gasteiger partial charge in [0.25, 0.3) is 0 Å². The van der Waals surface area contributed by atoms with Crippen LogP contribution < -0.4 is 10.6 Å². The molecule has 0 unspecified atom stereocenters. The van der Waals surface area contributed by atoms with Crippen molar-refractivity contribution >= 4 is 11.7 Å². The summed E-state index contributed by atoms with van der Waals surface area (Å²) in [4.78, 5) is 11.2. The van der Waals surface area contributed by atoms with Gasteiger partial charge in [-0.25, -0.2) is 13.6 Å². The molecule has 0 aliphatic heterocycles. The minimum absolute atomic E-state index is 0.0470. The highest BCUT2D eigenvalue weighted by molar-refractivity contribution is 5.89. The Hall–Kier alpha value is -1.69. The van der Waals surface area contributed by atoms with Crippen molar-refractivity contribution in [2.75, 3.05) is 18.5 Å². The number of nitrogens with one attached hydrogen (secondary N) is 2. The number of amides is 2. The fourth-order valence-electron chi connectivity index (χ4n) is 1.05. The Morgan fingerprint density at radius 2 is 2.12 bits per heavy atom. The van der Waals surface area contributed by atoms with E-state index in [2.05, 4.69) is 10.6 Å². The first-order valence-electron chi connectivity index (χ1n) is 4.75. The Balaban J connectivity index is 2.53. The molecule has 0 aromatic heterocycles. The quantitative estimate of drug-likeness (QED) is 0.686. The van der Waals surface area contributed by atoms with Crippen LogP contribution in [0.3, 0.4) is 0 Å². The molecule has 2 amide bonds. The number of rotatable bonds is 4. The predicted octanol–water partition coefficient (Wildman–Crippen LogP) is 1.47. The molecule has 0 atom stereocenters. The van der Waals surface area contributed by atoms with Crippen molar-refractivity contribution < 1.29 is 18.7 Å². The minimum atomic E-state index is -1.10. The molecule has 0 radical (unpaired) electrons. The van der Waals surface area contributed by atoms with Crippen LogP contribution >= 0.6 is 0 Å². The average Bonchev–Trinajstić information content (AvgIpc) is 2.25. The first-order valence-corrected chi connectivity index (χ1v) is 4.75. The van der Waals surface area contributed by atoms with E-state index in [0.717, 1.165) is 6.07 Å². The third-order valence-corrected chi connectivity index (χ3v) is 1.82. The maximum absolute atomic E-state index is 13.1. The number of hydrogen-bond acceptors (Lipinski definition) is 2. The molecule has 6 heteroatoms. The van der Waals surface area contributed by atoms with Gasteiger partial charge in [0.15, 0.2) is 11.6 Å². The summed E-state index contributed by atoms with van der Waals surface area (Å²) in [5.41, 5.74) is -0.221. The second kappa shape index (κ2) is 6.02. The fraction of sp³-hybridized carbons (Fsp3) is 0.300. The molecule has 0 spiro atoms. The standard InChI is InChI=1S/C10H12F2N2O2/c11-7-3-1-4-8(9(7)12)14-10(16)13-5-2-6-15/h1,3-4,15H,2,5-6H2,(H2,13,14,16). The molecular formula is C10H12F2N2O2. The van der Waals surface area contributed by atoms with Gasteiger partial charge in [-0.05, 0) is 18.6 Å². The summed E-state index contributed by atoms with van der Waals surface area (Å²) < 4.78 is 25.8. The molecule has 0 aliphatic rings. The largest absolute Gasteiger partial charge is 0.396 e. The molecule has 4 nitrogen and oxygen atoms in total. The van der Waals surface area contributed by atoms with Crippen LogP contribution in [0.2, 0.25) is 0 Å². The summed E-state index contributed by atoms with van der Waals surface area (Å²) in [6.45, 7) is 0.216. The lowest BCUT2D eigenvalue weighted by molar-refractivity contribution is 0.248. The zero-order valence-electron chi connectivity index (χ0n) is 8.46. The lowest BCUT2D eigenvalue weighted by Crippen LogP contribution is -2.30. The second-order valence-electron chi connectivity index (χ2n) is 3.06. The highest BCUT2D eigenvalue weighted by Crippen LogP contribution is 2.15. The van der Waals surface area contributed by atoms with Crippen molar-refractivity contribution in [2.24, 2.45) is 0 Å². The second-order valence-corrected chi connectivity index (χ2v) is 3.06. The molecule has 16 heavy (non-hydrogen) atoms. The predicted molar refractivity (Wildman–Crippen MR) is 55.1 cm³/mol. The number of anilines is 1. The van der Waals surface area contributed by atoms with Gasteiger partial charge in [0.2, 0.25) is 0 Å². The molecular weight excluding hydrogens is 218 g/mol. The Morgan fingerprint density at radius 1 is 1.38 bits per heavy atom. The third-order valence-electron chi connectivity index (χ3n) is 1.82. The molecule has 88 valence electrons. The summed E-state index contributed by atoms with van der Waals surface area (Å²) >= 11 is 0. The molecule has 1 rings (SSSR count). The Labute approximate surface area is 91.3 Å². The van der Waals surface area contributed by atoms with E-state index < -0.39 is 17.7 Å². The number of aliphatic hydroxyl groups excluding tert-OH is 1. The van der Waals surface area contributed by atoms with Crippen LogP contribution in [-0.4, -0.2) is 24.3 Å². The zero-order valence-corrected chi connectivity index (χ0v) is 8.46. The zero-order chi connectivity index (χ0) is 12.0. The van der Waals surface area contributed by atoms with E-state index in [-0.39, 0.29) is 18.8 Å². The Kier molecular flexibility index (Phi) is 4.65. The normalized spacial score (nSPS) is 9.94. The maximum Gasteiger partial charge on any atom is 0.319 e. The van der Waals surface area contributed by atoms with E-state index in [9.17, 15) is 13.6 Å². The number of carbonyl (C=O) groups excluding carboxylic acids is 1. The molecule has 0 saturated heterocycles. The summed E-state index contributed by atoms with van der Waals surface area (Å²) in [6.07, 6.45) is 0.402. The lowest BCUT2D eigenvalue weighted by Gasteiger charge is -2.07. The van der Waals surface area contributed by atoms with E-state index in [1.165, 1.54) is 12.1 Å². The van der Waals surface area contributed by atoms with Crippen molar-refractivity contribution in [2.45, 2.75) is 6.42 Å². The van der Waals surface area contributed by atoms with E-state index >= 15 is 0 Å². The molecule has 0 aliphatic carbocycles. The number of benzene rings is 1. The van der Waals surface area contributed by atoms with Crippen LogP contribution in [0.4, 0.5) is 19.3 Å². The van der Waals surface area contributed by atoms with E-state index in [1.807, 2.05) is 0 Å². The van der Waals surface area contributed by atoms with Gasteiger partial charge >= 0.3 is 6.03 Å². The molecule has 0 fully saturated rings. The van der Waals surface area contributed by atoms with Crippen molar-refractivity contribution in [3.05, 3.63) is 29.8 Å². The number of hydrogen-bond donors (Lipinski definition) is 3. The van der Waals surface area contributed by atoms with Crippen LogP contribution in [-0.2, 0) is 0 Å². The molecule has 0 saturated carbocycles. The number of urea groups is 1. The summed E-state index contributed by atoms with van der Waals surface area (Å²) in [5, 5.41) is 13.0. The van der Waals surface area contributed by atoms with Gasteiger partial charge in [0, 0.05) is 13.2 Å². The monoisotopic (exact) mass is 230 g/mol. The van der Waals surface area contributed by atoms with Gasteiger partial charge in [0.05, 0.1) is 5.69 Å². The lowest BCUT2D eigenvalue weighted by atomic mass is 10.3. The number of halogens is 2. The van der Waals surface area contributed by atoms with Crippen LogP contribution in [0.1, 0.15) is 6.42 Å². The van der Waals surface area contributed by atoms with Crippen LogP contribution in [0.15, 0.2) is 18.2 Å². The SMILES string of the molecule is O=C(NCCCO)Nc1cccc(F)c1F. The third kappa shape index (κ3) is 3.47. The van der Waals surface area contributed by atoms with Crippen molar-refractivity contribution in [1.29, 1.82) is 0 Å². The van der Waals surface area contributed by atoms with E-state index in [0.29, 0.717) is 6.42 Å². The Morgan fingerprint density at radius 3 is 2.81 bits per heavy atom. The fourth-order valence-corrected chi connectivity index (χ4v) is 1.05. The molecule has 0 bridgehead atoms. The first kappa shape index (κ1) is 12.4. The van der Waals surface area contributed by atoms with Gasteiger partial charge in [-0.2, -0.15) is 0 Å². The van der Waals surface area contributed by atoms with Crippen molar-refractivity contribution in [1.82, 2.24) is 5.32 Å². The van der Waals surface area contributed by atoms with Crippen LogP contribution in [0.5, 0.6) is 0 Å². The molecule has 0 heterocycles. The molecule has 1 aromatic rings. The average molecular weight is 230 g/mol. The van der Waals surface area contributed by atoms with Gasteiger partial charge in [-0.3, -0.25) is 0 Å². The van der Waals surface area contributed by atoms with Gasteiger partial charge in [0.1, 0.15) is 0 Å². The van der Waals surface area contributed by atoms with Gasteiger partial charge < -0.3 is 15.7 Å². The topological polar surface area (TPSA) is 61.4 Å². The first-order chi connectivity index (χ1) is 7.65. The van der Waals surface area contributed by atoms with E-state index in [4.69, 9.17) is 5.11 Å². The number of carbonyl (C=O) groups is 1. The van der Waals surface area contributed by atoms with E-state index in [1.54, 1.807) is 0 Å². The summed E-state index contributed by atoms with van der Waals surface area (Å²) in [5.74, 6) is -2.12.